The van der Waals surface area contributed by atoms with Crippen molar-refractivity contribution in [2.24, 2.45) is 5.73 Å². The summed E-state index contributed by atoms with van der Waals surface area (Å²) in [5.41, 5.74) is 6.51. The fourth-order valence-corrected chi connectivity index (χ4v) is 2.58. The Balaban J connectivity index is 0.000000511. The van der Waals surface area contributed by atoms with Gasteiger partial charge in [0.05, 0.1) is 31.1 Å². The van der Waals surface area contributed by atoms with Gasteiger partial charge in [-0.25, -0.2) is 9.18 Å². The number of benzene rings is 1. The van der Waals surface area contributed by atoms with Crippen LogP contribution in [0.15, 0.2) is 18.2 Å². The maximum atomic E-state index is 14.3. The molecule has 2 N–H and O–H groups in total. The molecule has 8 heteroatoms. The number of nitrogens with two attached hydrogens (primary N) is 1. The minimum Gasteiger partial charge on any atom is -0.443 e. The van der Waals surface area contributed by atoms with Gasteiger partial charge in [-0.3, -0.25) is 4.90 Å². The fourth-order valence-electron chi connectivity index (χ4n) is 2.58. The number of amides is 1. The van der Waals surface area contributed by atoms with Gasteiger partial charge in [-0.05, 0) is 23.4 Å². The Morgan fingerprint density at radius 1 is 1.36 bits per heavy atom. The lowest BCUT2D eigenvalue weighted by atomic mass is 10.2. The zero-order valence-electron chi connectivity index (χ0n) is 14.7. The van der Waals surface area contributed by atoms with Gasteiger partial charge < -0.3 is 20.1 Å². The molecule has 0 aromatic heterocycles. The summed E-state index contributed by atoms with van der Waals surface area (Å²) in [5.74, 6) is -0.349. The van der Waals surface area contributed by atoms with Gasteiger partial charge in [0, 0.05) is 19.6 Å². The third kappa shape index (κ3) is 5.49. The summed E-state index contributed by atoms with van der Waals surface area (Å²) in [6.45, 7) is 7.19. The van der Waals surface area contributed by atoms with Crippen molar-refractivity contribution in [1.29, 1.82) is 0 Å². The van der Waals surface area contributed by atoms with E-state index in [1.54, 1.807) is 12.1 Å². The van der Waals surface area contributed by atoms with Crippen molar-refractivity contribution >= 4 is 30.1 Å². The van der Waals surface area contributed by atoms with Crippen LogP contribution in [-0.4, -0.2) is 56.8 Å². The van der Waals surface area contributed by atoms with Gasteiger partial charge in [-0.1, -0.05) is 13.8 Å². The molecule has 6 nitrogen and oxygen atoms in total. The number of ether oxygens (including phenoxy) is 2. The standard InChI is InChI=1S/C14H18FN3O3.C3H8S/c15-12-7-10(18-9-11(8-16)21-14(18)19)1-2-13(12)17-3-5-20-6-4-17;1-3(2)4/h1-2,7,11H,3-6,8-9,16H2;3-4H,1-2H3. The monoisotopic (exact) mass is 371 g/mol. The highest BCUT2D eigenvalue weighted by atomic mass is 32.1. The molecule has 0 saturated carbocycles. The summed E-state index contributed by atoms with van der Waals surface area (Å²) >= 11 is 3.97. The maximum Gasteiger partial charge on any atom is 0.414 e. The van der Waals surface area contributed by atoms with Gasteiger partial charge in [-0.2, -0.15) is 12.6 Å². The molecule has 1 unspecified atom stereocenters. The third-order valence-corrected chi connectivity index (χ3v) is 3.73. The fraction of sp³-hybridized carbons (Fsp3) is 0.588. The van der Waals surface area contributed by atoms with Crippen LogP contribution in [0.5, 0.6) is 0 Å². The second kappa shape index (κ2) is 9.26. The summed E-state index contributed by atoms with van der Waals surface area (Å²) in [6.07, 6.45) is -0.816. The molecule has 1 aromatic carbocycles. The minimum absolute atomic E-state index is 0.260. The molecule has 1 amide bonds. The van der Waals surface area contributed by atoms with E-state index in [1.807, 2.05) is 18.7 Å². The molecule has 2 saturated heterocycles. The summed E-state index contributed by atoms with van der Waals surface area (Å²) in [7, 11) is 0. The van der Waals surface area contributed by atoms with E-state index in [4.69, 9.17) is 15.2 Å². The van der Waals surface area contributed by atoms with E-state index in [-0.39, 0.29) is 18.5 Å². The van der Waals surface area contributed by atoms with E-state index >= 15 is 0 Å². The summed E-state index contributed by atoms with van der Waals surface area (Å²) in [5, 5.41) is 0.528. The van der Waals surface area contributed by atoms with E-state index in [0.29, 0.717) is 49.5 Å². The van der Waals surface area contributed by atoms with E-state index < -0.39 is 6.09 Å². The van der Waals surface area contributed by atoms with Gasteiger partial charge in [0.25, 0.3) is 0 Å². The lowest BCUT2D eigenvalue weighted by Gasteiger charge is -2.29. The van der Waals surface area contributed by atoms with Crippen LogP contribution in [0.1, 0.15) is 13.8 Å². The van der Waals surface area contributed by atoms with E-state index in [1.165, 1.54) is 11.0 Å². The smallest absolute Gasteiger partial charge is 0.414 e. The molecule has 25 heavy (non-hydrogen) atoms. The Morgan fingerprint density at radius 3 is 2.52 bits per heavy atom. The molecule has 2 aliphatic rings. The predicted octanol–water partition coefficient (Wildman–Crippen LogP) is 2.27. The number of halogens is 1. The average Bonchev–Trinajstić information content (AvgIpc) is 2.96. The van der Waals surface area contributed by atoms with Gasteiger partial charge >= 0.3 is 6.09 Å². The van der Waals surface area contributed by atoms with Crippen LogP contribution in [0.3, 0.4) is 0 Å². The SMILES string of the molecule is CC(C)S.NCC1CN(c2ccc(N3CCOCC3)c(F)c2)C(=O)O1. The maximum absolute atomic E-state index is 14.3. The van der Waals surface area contributed by atoms with Crippen LogP contribution in [0, 0.1) is 5.82 Å². The predicted molar refractivity (Wildman–Crippen MR) is 100 cm³/mol. The molecule has 2 aliphatic heterocycles. The first kappa shape index (κ1) is 19.8. The number of nitrogens with zero attached hydrogens (tertiary/aromatic N) is 2. The van der Waals surface area contributed by atoms with Crippen molar-refractivity contribution in [2.75, 3.05) is 49.2 Å². The van der Waals surface area contributed by atoms with Crippen molar-refractivity contribution in [3.63, 3.8) is 0 Å². The summed E-state index contributed by atoms with van der Waals surface area (Å²) in [4.78, 5) is 15.1. The van der Waals surface area contributed by atoms with E-state index in [9.17, 15) is 9.18 Å². The zero-order valence-corrected chi connectivity index (χ0v) is 15.5. The molecular formula is C17H26FN3O3S. The average molecular weight is 371 g/mol. The third-order valence-electron chi connectivity index (χ3n) is 3.73. The molecule has 1 aromatic rings. The number of cyclic esters (lactones) is 1. The van der Waals surface area contributed by atoms with Crippen LogP contribution in [0.25, 0.3) is 0 Å². The first-order chi connectivity index (χ1) is 11.9. The second-order valence-electron chi connectivity index (χ2n) is 6.18. The highest BCUT2D eigenvalue weighted by molar-refractivity contribution is 7.80. The Kier molecular flexibility index (Phi) is 7.34. The summed E-state index contributed by atoms with van der Waals surface area (Å²) in [6, 6.07) is 4.79. The molecule has 0 radical (unpaired) electrons. The number of thiol groups is 1. The zero-order chi connectivity index (χ0) is 18.4. The number of hydrogen-bond donors (Lipinski definition) is 2. The Labute approximate surface area is 153 Å². The lowest BCUT2D eigenvalue weighted by molar-refractivity contribution is 0.122. The Morgan fingerprint density at radius 2 is 2.00 bits per heavy atom. The second-order valence-corrected chi connectivity index (χ2v) is 7.21. The molecule has 0 bridgehead atoms. The van der Waals surface area contributed by atoms with Crippen LogP contribution in [0.2, 0.25) is 0 Å². The molecule has 1 atom stereocenters. The summed E-state index contributed by atoms with van der Waals surface area (Å²) < 4.78 is 24.6. The number of anilines is 2. The highest BCUT2D eigenvalue weighted by Gasteiger charge is 2.32. The quantitative estimate of drug-likeness (QED) is 0.798. The topological polar surface area (TPSA) is 68.0 Å². The van der Waals surface area contributed by atoms with Crippen molar-refractivity contribution in [1.82, 2.24) is 0 Å². The van der Waals surface area contributed by atoms with Gasteiger partial charge in [0.1, 0.15) is 11.9 Å². The van der Waals surface area contributed by atoms with Gasteiger partial charge in [0.2, 0.25) is 0 Å². The van der Waals surface area contributed by atoms with Crippen LogP contribution in [-0.2, 0) is 9.47 Å². The van der Waals surface area contributed by atoms with E-state index in [2.05, 4.69) is 12.6 Å². The normalized spacial score (nSPS) is 20.4. The lowest BCUT2D eigenvalue weighted by Crippen LogP contribution is -2.36. The number of hydrogen-bond acceptors (Lipinski definition) is 6. The highest BCUT2D eigenvalue weighted by Crippen LogP contribution is 2.28. The van der Waals surface area contributed by atoms with Crippen molar-refractivity contribution in [3.8, 4) is 0 Å². The first-order valence-corrected chi connectivity index (χ1v) is 8.92. The van der Waals surface area contributed by atoms with E-state index in [0.717, 1.165) is 0 Å². The van der Waals surface area contributed by atoms with Crippen molar-refractivity contribution < 1.29 is 18.7 Å². The van der Waals surface area contributed by atoms with Gasteiger partial charge in [0.15, 0.2) is 0 Å². The largest absolute Gasteiger partial charge is 0.443 e. The first-order valence-electron chi connectivity index (χ1n) is 8.41. The minimum atomic E-state index is -0.482. The number of morpholine rings is 1. The molecule has 0 spiro atoms. The Hall–Kier alpha value is -1.51. The molecule has 0 aliphatic carbocycles. The van der Waals surface area contributed by atoms with Gasteiger partial charge in [-0.15, -0.1) is 0 Å². The Bertz CT molecular complexity index is 580. The molecule has 140 valence electrons. The molecule has 3 rings (SSSR count). The molecule has 2 heterocycles. The van der Waals surface area contributed by atoms with Crippen molar-refractivity contribution in [3.05, 3.63) is 24.0 Å². The number of carbonyl (C=O) groups excluding carboxylic acids is 1. The van der Waals surface area contributed by atoms with Crippen LogP contribution < -0.4 is 15.5 Å². The molecular weight excluding hydrogens is 345 g/mol. The van der Waals surface area contributed by atoms with Crippen LogP contribution in [0.4, 0.5) is 20.6 Å². The van der Waals surface area contributed by atoms with Crippen molar-refractivity contribution in [2.45, 2.75) is 25.2 Å². The number of carbonyl (C=O) groups is 1. The van der Waals surface area contributed by atoms with Crippen LogP contribution >= 0.6 is 12.6 Å². The number of rotatable bonds is 3. The molecule has 2 fully saturated rings.